The summed E-state index contributed by atoms with van der Waals surface area (Å²) in [5, 5.41) is 12.9. The molecule has 1 aromatic rings. The summed E-state index contributed by atoms with van der Waals surface area (Å²) in [6.07, 6.45) is 4.71. The van der Waals surface area contributed by atoms with Crippen LogP contribution in [0.1, 0.15) is 48.0 Å². The third-order valence-electron chi connectivity index (χ3n) is 3.42. The fraction of sp³-hybridized carbons (Fsp3) is 0.750. The molecule has 0 spiro atoms. The molecule has 18 heavy (non-hydrogen) atoms. The number of hydrogen-bond acceptors (Lipinski definition) is 5. The summed E-state index contributed by atoms with van der Waals surface area (Å²) in [5.41, 5.74) is 0.790. The molecule has 1 aromatic heterocycles. The normalized spacial score (nSPS) is 15.4. The molecule has 100 valence electrons. The topological polar surface area (TPSA) is 66.3 Å². The maximum absolute atomic E-state index is 12.5. The van der Waals surface area contributed by atoms with Crippen LogP contribution in [0.5, 0.6) is 0 Å². The van der Waals surface area contributed by atoms with Crippen LogP contribution in [0.25, 0.3) is 0 Å². The highest BCUT2D eigenvalue weighted by atomic mass is 32.1. The molecule has 0 aliphatic heterocycles. The number of hydrogen-bond donors (Lipinski definition) is 1. The first-order valence-electron chi connectivity index (χ1n) is 6.51. The number of carbonyl (C=O) groups excluding carboxylic acids is 1. The van der Waals surface area contributed by atoms with Gasteiger partial charge in [0, 0.05) is 19.2 Å². The van der Waals surface area contributed by atoms with Crippen LogP contribution in [0.15, 0.2) is 0 Å². The van der Waals surface area contributed by atoms with Gasteiger partial charge in [0.1, 0.15) is 4.88 Å². The average molecular weight is 269 g/mol. The second-order valence-corrected chi connectivity index (χ2v) is 5.32. The smallest absolute Gasteiger partial charge is 0.267 e. The number of aliphatic hydroxyl groups excluding tert-OH is 1. The van der Waals surface area contributed by atoms with Crippen molar-refractivity contribution in [3.05, 3.63) is 10.6 Å². The molecule has 6 heteroatoms. The van der Waals surface area contributed by atoms with Crippen LogP contribution in [-0.4, -0.2) is 44.7 Å². The number of carbonyl (C=O) groups is 1. The SMILES string of the molecule is CCc1nnsc1C(=O)N(CCCO)C1CCC1. The first-order valence-corrected chi connectivity index (χ1v) is 7.28. The van der Waals surface area contributed by atoms with Gasteiger partial charge in [0.15, 0.2) is 0 Å². The average Bonchev–Trinajstić information content (AvgIpc) is 2.79. The molecule has 1 aliphatic carbocycles. The van der Waals surface area contributed by atoms with E-state index in [9.17, 15) is 4.79 Å². The molecule has 2 rings (SSSR count). The van der Waals surface area contributed by atoms with Crippen molar-refractivity contribution >= 4 is 17.4 Å². The van der Waals surface area contributed by atoms with Crippen molar-refractivity contribution in [2.45, 2.75) is 45.1 Å². The van der Waals surface area contributed by atoms with Crippen molar-refractivity contribution < 1.29 is 9.90 Å². The Labute approximate surface area is 111 Å². The third-order valence-corrected chi connectivity index (χ3v) is 4.17. The van der Waals surface area contributed by atoms with Gasteiger partial charge in [0.25, 0.3) is 5.91 Å². The van der Waals surface area contributed by atoms with Crippen LogP contribution in [0.3, 0.4) is 0 Å². The Bertz CT molecular complexity index is 404. The van der Waals surface area contributed by atoms with Crippen LogP contribution in [0, 0.1) is 0 Å². The van der Waals surface area contributed by atoms with Gasteiger partial charge in [-0.2, -0.15) is 0 Å². The summed E-state index contributed by atoms with van der Waals surface area (Å²) in [4.78, 5) is 15.1. The maximum atomic E-state index is 12.5. The van der Waals surface area contributed by atoms with Gasteiger partial charge in [-0.1, -0.05) is 11.4 Å². The van der Waals surface area contributed by atoms with E-state index in [1.54, 1.807) is 0 Å². The summed E-state index contributed by atoms with van der Waals surface area (Å²) in [5.74, 6) is 0.0417. The van der Waals surface area contributed by atoms with Crippen LogP contribution < -0.4 is 0 Å². The third kappa shape index (κ3) is 2.70. The fourth-order valence-corrected chi connectivity index (χ4v) is 2.83. The summed E-state index contributed by atoms with van der Waals surface area (Å²) in [6.45, 7) is 2.73. The van der Waals surface area contributed by atoms with Gasteiger partial charge in [-0.15, -0.1) is 5.10 Å². The molecule has 1 amide bonds. The lowest BCUT2D eigenvalue weighted by atomic mass is 9.91. The predicted octanol–water partition coefficient (Wildman–Crippen LogP) is 1.48. The zero-order chi connectivity index (χ0) is 13.0. The Morgan fingerprint density at radius 3 is 2.89 bits per heavy atom. The Morgan fingerprint density at radius 1 is 1.56 bits per heavy atom. The monoisotopic (exact) mass is 269 g/mol. The minimum Gasteiger partial charge on any atom is -0.396 e. The van der Waals surface area contributed by atoms with Crippen molar-refractivity contribution in [2.24, 2.45) is 0 Å². The van der Waals surface area contributed by atoms with Crippen molar-refractivity contribution in [1.82, 2.24) is 14.5 Å². The van der Waals surface area contributed by atoms with Crippen molar-refractivity contribution in [3.63, 3.8) is 0 Å². The van der Waals surface area contributed by atoms with E-state index >= 15 is 0 Å². The molecule has 0 atom stereocenters. The van der Waals surface area contributed by atoms with Crippen LogP contribution in [0.2, 0.25) is 0 Å². The lowest BCUT2D eigenvalue weighted by Gasteiger charge is -2.37. The molecule has 0 bridgehead atoms. The number of rotatable bonds is 6. The number of amides is 1. The second kappa shape index (κ2) is 6.24. The van der Waals surface area contributed by atoms with Gasteiger partial charge < -0.3 is 10.0 Å². The standard InChI is InChI=1S/C12H19N3O2S/c1-2-10-11(18-14-13-10)12(17)15(7-4-8-16)9-5-3-6-9/h9,16H,2-8H2,1H3. The molecule has 0 aromatic carbocycles. The zero-order valence-corrected chi connectivity index (χ0v) is 11.4. The number of aliphatic hydroxyl groups is 1. The van der Waals surface area contributed by atoms with Gasteiger partial charge in [0.05, 0.1) is 5.69 Å². The predicted molar refractivity (Wildman–Crippen MR) is 69.7 cm³/mol. The zero-order valence-electron chi connectivity index (χ0n) is 10.6. The molecule has 5 nitrogen and oxygen atoms in total. The van der Waals surface area contributed by atoms with Crippen molar-refractivity contribution in [2.75, 3.05) is 13.2 Å². The van der Waals surface area contributed by atoms with Gasteiger partial charge in [-0.05, 0) is 43.6 Å². The molecule has 0 unspecified atom stereocenters. The summed E-state index contributed by atoms with van der Waals surface area (Å²) in [7, 11) is 0. The largest absolute Gasteiger partial charge is 0.396 e. The van der Waals surface area contributed by atoms with Gasteiger partial charge in [0.2, 0.25) is 0 Å². The highest BCUT2D eigenvalue weighted by Crippen LogP contribution is 2.27. The van der Waals surface area contributed by atoms with E-state index in [1.165, 1.54) is 18.0 Å². The Kier molecular flexibility index (Phi) is 4.66. The van der Waals surface area contributed by atoms with Crippen LogP contribution >= 0.6 is 11.5 Å². The first-order chi connectivity index (χ1) is 8.77. The molecular formula is C12H19N3O2S. The lowest BCUT2D eigenvalue weighted by Crippen LogP contribution is -2.45. The Hall–Kier alpha value is -1.01. The van der Waals surface area contributed by atoms with E-state index in [0.29, 0.717) is 23.9 Å². The van der Waals surface area contributed by atoms with Crippen LogP contribution in [-0.2, 0) is 6.42 Å². The number of nitrogens with zero attached hydrogens (tertiary/aromatic N) is 3. The number of aryl methyl sites for hydroxylation is 1. The van der Waals surface area contributed by atoms with Crippen LogP contribution in [0.4, 0.5) is 0 Å². The van der Waals surface area contributed by atoms with Gasteiger partial charge in [-0.3, -0.25) is 4.79 Å². The Morgan fingerprint density at radius 2 is 2.33 bits per heavy atom. The quantitative estimate of drug-likeness (QED) is 0.849. The molecule has 1 aliphatic rings. The summed E-state index contributed by atoms with van der Waals surface area (Å²) >= 11 is 1.18. The minimum absolute atomic E-state index is 0.0417. The maximum Gasteiger partial charge on any atom is 0.267 e. The molecule has 1 saturated carbocycles. The van der Waals surface area contributed by atoms with Crippen molar-refractivity contribution in [1.29, 1.82) is 0 Å². The molecule has 1 N–H and O–H groups in total. The van der Waals surface area contributed by atoms with E-state index in [-0.39, 0.29) is 12.5 Å². The first kappa shape index (κ1) is 13.4. The van der Waals surface area contributed by atoms with Crippen molar-refractivity contribution in [3.8, 4) is 0 Å². The van der Waals surface area contributed by atoms with E-state index in [1.807, 2.05) is 11.8 Å². The molecule has 0 saturated heterocycles. The Balaban J connectivity index is 2.11. The van der Waals surface area contributed by atoms with E-state index in [0.717, 1.165) is 25.0 Å². The minimum atomic E-state index is 0.0417. The summed E-state index contributed by atoms with van der Waals surface area (Å²) < 4.78 is 3.87. The number of aromatic nitrogens is 2. The van der Waals surface area contributed by atoms with E-state index < -0.39 is 0 Å². The van der Waals surface area contributed by atoms with E-state index in [4.69, 9.17) is 5.11 Å². The molecule has 0 radical (unpaired) electrons. The second-order valence-electron chi connectivity index (χ2n) is 4.56. The fourth-order valence-electron chi connectivity index (χ4n) is 2.12. The highest BCUT2D eigenvalue weighted by molar-refractivity contribution is 7.08. The molecule has 1 heterocycles. The lowest BCUT2D eigenvalue weighted by molar-refractivity contribution is 0.0566. The summed E-state index contributed by atoms with van der Waals surface area (Å²) in [6, 6.07) is 0.343. The van der Waals surface area contributed by atoms with E-state index in [2.05, 4.69) is 9.59 Å². The highest BCUT2D eigenvalue weighted by Gasteiger charge is 2.31. The van der Waals surface area contributed by atoms with Gasteiger partial charge in [-0.25, -0.2) is 0 Å². The van der Waals surface area contributed by atoms with Gasteiger partial charge >= 0.3 is 0 Å². The molecule has 1 fully saturated rings. The molecular weight excluding hydrogens is 250 g/mol.